The number of ketones is 2. The van der Waals surface area contributed by atoms with Gasteiger partial charge in [-0.1, -0.05) is 13.5 Å². The SMILES string of the molecule is C.CN(C)[C@@H]1C(=O)C(C(N)=O)=C(O)[C@@]2(O)C(=O)C3=C(O)c4c(ccc(-c5occc5C=O)c4O)C[C@H]3C[C@@H]12. The number of aldehydes is 1. The van der Waals surface area contributed by atoms with Crippen molar-refractivity contribution in [1.29, 1.82) is 0 Å². The minimum absolute atomic E-state index is 0. The molecule has 0 bridgehead atoms. The van der Waals surface area contributed by atoms with E-state index in [1.54, 1.807) is 6.07 Å². The average molecular weight is 525 g/mol. The standard InChI is InChI=1S/C26H24N2O9.CH4/c1-28(2)18-14-8-12-7-10-3-4-13(22-11(9-29)5-6-37-22)19(30)15(10)20(31)16(12)23(33)26(14,36)24(34)17(21(18)32)25(27)35;/h3-6,9,12,14,18,30-31,34,36H,7-8H2,1-2H3,(H2,27,35);1H4/t12-,14-,18-,26-;/m0./s1. The number of nitrogens with zero attached hydrogens (tertiary/aromatic N) is 1. The van der Waals surface area contributed by atoms with E-state index in [4.69, 9.17) is 10.2 Å². The van der Waals surface area contributed by atoms with E-state index < -0.39 is 63.8 Å². The van der Waals surface area contributed by atoms with Crippen molar-refractivity contribution in [3.63, 3.8) is 0 Å². The first-order chi connectivity index (χ1) is 17.4. The lowest BCUT2D eigenvalue weighted by molar-refractivity contribution is -0.153. The number of carbonyl (C=O) groups excluding carboxylic acids is 4. The maximum atomic E-state index is 13.8. The number of carbonyl (C=O) groups is 4. The number of nitrogens with two attached hydrogens (primary N) is 1. The summed E-state index contributed by atoms with van der Waals surface area (Å²) in [6, 6.07) is 3.42. The van der Waals surface area contributed by atoms with Gasteiger partial charge in [0.2, 0.25) is 5.78 Å². The number of phenolic OH excluding ortho intramolecular Hbond substituents is 1. The summed E-state index contributed by atoms with van der Waals surface area (Å²) in [4.78, 5) is 51.8. The van der Waals surface area contributed by atoms with Crippen LogP contribution in [0.5, 0.6) is 5.75 Å². The Bertz CT molecular complexity index is 1460. The number of benzene rings is 1. The molecule has 0 radical (unpaired) electrons. The Morgan fingerprint density at radius 1 is 1.18 bits per heavy atom. The third-order valence-electron chi connectivity index (χ3n) is 7.66. The Morgan fingerprint density at radius 2 is 1.87 bits per heavy atom. The Hall–Kier alpha value is -4.22. The highest BCUT2D eigenvalue weighted by atomic mass is 16.3. The van der Waals surface area contributed by atoms with E-state index >= 15 is 0 Å². The molecule has 0 spiro atoms. The summed E-state index contributed by atoms with van der Waals surface area (Å²) in [5.41, 5.74) is 2.17. The van der Waals surface area contributed by atoms with Crippen LogP contribution >= 0.6 is 0 Å². The Morgan fingerprint density at radius 3 is 2.47 bits per heavy atom. The van der Waals surface area contributed by atoms with Crippen molar-refractivity contribution in [2.45, 2.75) is 31.9 Å². The third kappa shape index (κ3) is 3.35. The number of Topliss-reactive ketones (excluding diaryl/α,β-unsaturated/α-hetero) is 2. The highest BCUT2D eigenvalue weighted by Crippen LogP contribution is 2.53. The molecule has 0 saturated heterocycles. The molecule has 1 saturated carbocycles. The van der Waals surface area contributed by atoms with E-state index in [1.807, 2.05) is 0 Å². The van der Waals surface area contributed by atoms with Gasteiger partial charge in [0.05, 0.1) is 29.0 Å². The molecule has 3 aliphatic carbocycles. The van der Waals surface area contributed by atoms with Gasteiger partial charge >= 0.3 is 0 Å². The second-order valence-electron chi connectivity index (χ2n) is 9.78. The predicted octanol–water partition coefficient (Wildman–Crippen LogP) is 1.67. The summed E-state index contributed by atoms with van der Waals surface area (Å²) >= 11 is 0. The van der Waals surface area contributed by atoms with Crippen molar-refractivity contribution in [1.82, 2.24) is 4.90 Å². The van der Waals surface area contributed by atoms with Gasteiger partial charge in [0.1, 0.15) is 28.6 Å². The topological polar surface area (TPSA) is 192 Å². The molecule has 1 heterocycles. The lowest BCUT2D eigenvalue weighted by Gasteiger charge is -2.50. The summed E-state index contributed by atoms with van der Waals surface area (Å²) in [5, 5.41) is 44.8. The number of primary amides is 1. The number of rotatable bonds is 4. The number of amides is 1. The van der Waals surface area contributed by atoms with Crippen LogP contribution in [0.1, 0.15) is 35.3 Å². The van der Waals surface area contributed by atoms with Gasteiger partial charge in [0.15, 0.2) is 17.7 Å². The van der Waals surface area contributed by atoms with Crippen LogP contribution in [0.25, 0.3) is 17.1 Å². The zero-order valence-electron chi connectivity index (χ0n) is 19.9. The molecular formula is C27H28N2O9. The fraction of sp³-hybridized carbons (Fsp3) is 0.333. The maximum Gasteiger partial charge on any atom is 0.255 e. The van der Waals surface area contributed by atoms with Crippen molar-refractivity contribution < 1.29 is 44.0 Å². The maximum absolute atomic E-state index is 13.8. The third-order valence-corrected chi connectivity index (χ3v) is 7.66. The fourth-order valence-electron chi connectivity index (χ4n) is 6.03. The summed E-state index contributed by atoms with van der Waals surface area (Å²) < 4.78 is 5.34. The molecule has 1 amide bonds. The van der Waals surface area contributed by atoms with Crippen LogP contribution in [0.15, 0.2) is 45.8 Å². The number of hydrogen-bond acceptors (Lipinski definition) is 10. The second-order valence-corrected chi connectivity index (χ2v) is 9.78. The van der Waals surface area contributed by atoms with Gasteiger partial charge in [-0.25, -0.2) is 0 Å². The summed E-state index contributed by atoms with van der Waals surface area (Å²) in [5.74, 6) is -7.14. The van der Waals surface area contributed by atoms with Crippen LogP contribution in [0, 0.1) is 11.8 Å². The molecule has 3 aliphatic rings. The number of fused-ring (bicyclic) bond motifs is 3. The first-order valence-corrected chi connectivity index (χ1v) is 11.5. The van der Waals surface area contributed by atoms with Gasteiger partial charge in [-0.05, 0) is 50.6 Å². The van der Waals surface area contributed by atoms with E-state index in [0.717, 1.165) is 0 Å². The van der Waals surface area contributed by atoms with Crippen LogP contribution in [0.2, 0.25) is 0 Å². The Labute approximate surface area is 217 Å². The van der Waals surface area contributed by atoms with Gasteiger partial charge < -0.3 is 30.6 Å². The van der Waals surface area contributed by atoms with Crippen LogP contribution in [0.3, 0.4) is 0 Å². The molecule has 6 N–H and O–H groups in total. The van der Waals surface area contributed by atoms with Crippen LogP contribution < -0.4 is 5.73 Å². The first-order valence-electron chi connectivity index (χ1n) is 11.5. The quantitative estimate of drug-likeness (QED) is 0.290. The zero-order valence-corrected chi connectivity index (χ0v) is 19.9. The van der Waals surface area contributed by atoms with E-state index in [9.17, 15) is 39.6 Å². The molecule has 5 rings (SSSR count). The van der Waals surface area contributed by atoms with Gasteiger partial charge in [0, 0.05) is 11.5 Å². The number of furan rings is 1. The van der Waals surface area contributed by atoms with Gasteiger partial charge in [-0.15, -0.1) is 0 Å². The Kier molecular flexibility index (Phi) is 6.33. The minimum atomic E-state index is -2.70. The molecule has 1 aromatic carbocycles. The summed E-state index contributed by atoms with van der Waals surface area (Å²) in [6.07, 6.45) is 1.98. The lowest BCUT2D eigenvalue weighted by atomic mass is 9.57. The van der Waals surface area contributed by atoms with Crippen molar-refractivity contribution in [2.75, 3.05) is 14.1 Å². The second kappa shape index (κ2) is 8.96. The number of aliphatic hydroxyl groups is 3. The lowest BCUT2D eigenvalue weighted by Crippen LogP contribution is -2.65. The monoisotopic (exact) mass is 524 g/mol. The number of aromatic hydroxyl groups is 1. The van der Waals surface area contributed by atoms with Gasteiger partial charge in [0.25, 0.3) is 5.91 Å². The largest absolute Gasteiger partial charge is 0.508 e. The van der Waals surface area contributed by atoms with E-state index in [1.165, 1.54) is 37.4 Å². The molecule has 200 valence electrons. The zero-order chi connectivity index (χ0) is 27.0. The number of likely N-dealkylation sites (N-methyl/N-ethyl adjacent to an activating group) is 1. The minimum Gasteiger partial charge on any atom is -0.508 e. The summed E-state index contributed by atoms with van der Waals surface area (Å²) in [7, 11) is 3.07. The van der Waals surface area contributed by atoms with E-state index in [-0.39, 0.29) is 48.3 Å². The molecular weight excluding hydrogens is 496 g/mol. The highest BCUT2D eigenvalue weighted by molar-refractivity contribution is 6.24. The average Bonchev–Trinajstić information content (AvgIpc) is 3.29. The van der Waals surface area contributed by atoms with Gasteiger partial charge in [-0.2, -0.15) is 0 Å². The van der Waals surface area contributed by atoms with Crippen molar-refractivity contribution in [3.8, 4) is 17.1 Å². The number of phenols is 1. The number of hydrogen-bond donors (Lipinski definition) is 5. The number of aliphatic hydroxyl groups excluding tert-OH is 2. The van der Waals surface area contributed by atoms with Gasteiger partial charge in [-0.3, -0.25) is 24.1 Å². The van der Waals surface area contributed by atoms with Crippen molar-refractivity contribution >= 4 is 29.5 Å². The molecule has 1 fully saturated rings. The fourth-order valence-corrected chi connectivity index (χ4v) is 6.03. The first kappa shape index (κ1) is 26.8. The molecule has 2 aromatic rings. The smallest absolute Gasteiger partial charge is 0.255 e. The molecule has 38 heavy (non-hydrogen) atoms. The van der Waals surface area contributed by atoms with Crippen LogP contribution in [-0.2, 0) is 20.8 Å². The van der Waals surface area contributed by atoms with Crippen LogP contribution in [-0.4, -0.2) is 74.8 Å². The molecule has 11 heteroatoms. The Balaban J connectivity index is 0.00000336. The predicted molar refractivity (Wildman–Crippen MR) is 134 cm³/mol. The highest BCUT2D eigenvalue weighted by Gasteiger charge is 2.64. The molecule has 0 unspecified atom stereocenters. The van der Waals surface area contributed by atoms with E-state index in [0.29, 0.717) is 11.8 Å². The summed E-state index contributed by atoms with van der Waals surface area (Å²) in [6.45, 7) is 0. The van der Waals surface area contributed by atoms with Crippen molar-refractivity contribution in [3.05, 3.63) is 58.1 Å². The molecule has 0 aliphatic heterocycles. The molecule has 11 nitrogen and oxygen atoms in total. The van der Waals surface area contributed by atoms with E-state index in [2.05, 4.69) is 0 Å². The normalized spacial score (nSPS) is 26.5. The van der Waals surface area contributed by atoms with Crippen LogP contribution in [0.4, 0.5) is 0 Å². The molecule has 4 atom stereocenters. The van der Waals surface area contributed by atoms with Crippen molar-refractivity contribution in [2.24, 2.45) is 17.6 Å². The molecule has 1 aromatic heterocycles.